The van der Waals surface area contributed by atoms with Crippen LogP contribution in [0.15, 0.2) is 18.2 Å². The largest absolute Gasteiger partial charge is 0.496 e. The number of methoxy groups -OCH3 is 1. The highest BCUT2D eigenvalue weighted by Gasteiger charge is 2.16. The van der Waals surface area contributed by atoms with Crippen LogP contribution in [0.3, 0.4) is 0 Å². The number of piperidine rings is 1. The Hall–Kier alpha value is -1.13. The molecule has 1 saturated heterocycles. The SMILES string of the molecule is COc1ccc(F)cc1CN(C)CC1CCNCC1. The van der Waals surface area contributed by atoms with Gasteiger partial charge >= 0.3 is 0 Å². The Kier molecular flexibility index (Phi) is 5.16. The summed E-state index contributed by atoms with van der Waals surface area (Å²) in [5, 5.41) is 3.38. The third-order valence-corrected chi connectivity index (χ3v) is 3.71. The van der Waals surface area contributed by atoms with Gasteiger partial charge in [-0.05, 0) is 57.1 Å². The van der Waals surface area contributed by atoms with Gasteiger partial charge < -0.3 is 15.0 Å². The predicted molar refractivity (Wildman–Crippen MR) is 74.9 cm³/mol. The molecule has 0 saturated carbocycles. The molecule has 1 aromatic carbocycles. The minimum absolute atomic E-state index is 0.203. The number of nitrogens with one attached hydrogen (secondary N) is 1. The van der Waals surface area contributed by atoms with Gasteiger partial charge in [-0.3, -0.25) is 0 Å². The first-order valence-electron chi connectivity index (χ1n) is 6.90. The molecule has 0 amide bonds. The van der Waals surface area contributed by atoms with E-state index in [0.29, 0.717) is 0 Å². The van der Waals surface area contributed by atoms with Crippen LogP contribution < -0.4 is 10.1 Å². The van der Waals surface area contributed by atoms with Gasteiger partial charge in [-0.25, -0.2) is 4.39 Å². The minimum Gasteiger partial charge on any atom is -0.496 e. The normalized spacial score (nSPS) is 16.8. The van der Waals surface area contributed by atoms with Gasteiger partial charge in [0.1, 0.15) is 11.6 Å². The Labute approximate surface area is 114 Å². The fourth-order valence-electron chi connectivity index (χ4n) is 2.73. The first kappa shape index (κ1) is 14.3. The fraction of sp³-hybridized carbons (Fsp3) is 0.600. The van der Waals surface area contributed by atoms with Crippen LogP contribution in [0.2, 0.25) is 0 Å². The maximum Gasteiger partial charge on any atom is 0.123 e. The molecular weight excluding hydrogens is 243 g/mol. The monoisotopic (exact) mass is 266 g/mol. The maximum absolute atomic E-state index is 13.3. The third-order valence-electron chi connectivity index (χ3n) is 3.71. The average Bonchev–Trinajstić information content (AvgIpc) is 2.40. The molecule has 0 aromatic heterocycles. The lowest BCUT2D eigenvalue weighted by Crippen LogP contribution is -2.34. The Morgan fingerprint density at radius 1 is 1.37 bits per heavy atom. The molecule has 106 valence electrons. The van der Waals surface area contributed by atoms with Crippen LogP contribution >= 0.6 is 0 Å². The Bertz CT molecular complexity index is 405. The van der Waals surface area contributed by atoms with E-state index in [-0.39, 0.29) is 5.82 Å². The van der Waals surface area contributed by atoms with E-state index in [9.17, 15) is 4.39 Å². The summed E-state index contributed by atoms with van der Waals surface area (Å²) in [5.74, 6) is 1.30. The zero-order valence-corrected chi connectivity index (χ0v) is 11.8. The highest BCUT2D eigenvalue weighted by atomic mass is 19.1. The molecule has 0 aliphatic carbocycles. The van der Waals surface area contributed by atoms with Gasteiger partial charge in [0.2, 0.25) is 0 Å². The summed E-state index contributed by atoms with van der Waals surface area (Å²) in [6.07, 6.45) is 2.45. The van der Waals surface area contributed by atoms with Gasteiger partial charge in [0.05, 0.1) is 7.11 Å². The van der Waals surface area contributed by atoms with Gasteiger partial charge in [-0.1, -0.05) is 0 Å². The van der Waals surface area contributed by atoms with E-state index in [1.54, 1.807) is 19.2 Å². The van der Waals surface area contributed by atoms with Gasteiger partial charge in [0.15, 0.2) is 0 Å². The molecule has 0 spiro atoms. The second kappa shape index (κ2) is 6.87. The van der Waals surface area contributed by atoms with Crippen LogP contribution in [0.25, 0.3) is 0 Å². The molecule has 1 aromatic rings. The van der Waals surface area contributed by atoms with E-state index in [2.05, 4.69) is 17.3 Å². The first-order valence-corrected chi connectivity index (χ1v) is 6.90. The summed E-state index contributed by atoms with van der Waals surface area (Å²) < 4.78 is 18.6. The van der Waals surface area contributed by atoms with E-state index < -0.39 is 0 Å². The molecule has 0 unspecified atom stereocenters. The van der Waals surface area contributed by atoms with E-state index >= 15 is 0 Å². The number of hydrogen-bond acceptors (Lipinski definition) is 3. The number of hydrogen-bond donors (Lipinski definition) is 1. The van der Waals surface area contributed by atoms with Crippen LogP contribution in [-0.4, -0.2) is 38.7 Å². The molecule has 1 aliphatic rings. The van der Waals surface area contributed by atoms with Crippen molar-refractivity contribution in [3.8, 4) is 5.75 Å². The average molecular weight is 266 g/mol. The number of benzene rings is 1. The first-order chi connectivity index (χ1) is 9.19. The van der Waals surface area contributed by atoms with E-state index in [4.69, 9.17) is 4.74 Å². The molecule has 3 nitrogen and oxygen atoms in total. The number of rotatable bonds is 5. The maximum atomic E-state index is 13.3. The zero-order valence-electron chi connectivity index (χ0n) is 11.8. The molecule has 0 bridgehead atoms. The van der Waals surface area contributed by atoms with Crippen LogP contribution in [0.4, 0.5) is 4.39 Å². The molecule has 0 radical (unpaired) electrons. The van der Waals surface area contributed by atoms with Crippen LogP contribution in [0.1, 0.15) is 18.4 Å². The van der Waals surface area contributed by atoms with Crippen molar-refractivity contribution in [3.63, 3.8) is 0 Å². The smallest absolute Gasteiger partial charge is 0.123 e. The summed E-state index contributed by atoms with van der Waals surface area (Å²) in [6, 6.07) is 4.70. The molecule has 19 heavy (non-hydrogen) atoms. The second-order valence-electron chi connectivity index (χ2n) is 5.35. The molecule has 1 heterocycles. The van der Waals surface area contributed by atoms with Crippen molar-refractivity contribution in [2.45, 2.75) is 19.4 Å². The molecule has 1 fully saturated rings. The number of nitrogens with zero attached hydrogens (tertiary/aromatic N) is 1. The Morgan fingerprint density at radius 2 is 2.11 bits per heavy atom. The molecule has 1 aliphatic heterocycles. The van der Waals surface area contributed by atoms with Crippen molar-refractivity contribution in [1.29, 1.82) is 0 Å². The van der Waals surface area contributed by atoms with Gasteiger partial charge in [-0.2, -0.15) is 0 Å². The molecule has 1 N–H and O–H groups in total. The Morgan fingerprint density at radius 3 is 2.79 bits per heavy atom. The number of halogens is 1. The standard InChI is InChI=1S/C15H23FN2O/c1-18(10-12-5-7-17-8-6-12)11-13-9-14(16)3-4-15(13)19-2/h3-4,9,12,17H,5-8,10-11H2,1-2H3. The Balaban J connectivity index is 1.93. The minimum atomic E-state index is -0.203. The summed E-state index contributed by atoms with van der Waals surface area (Å²) >= 11 is 0. The second-order valence-corrected chi connectivity index (χ2v) is 5.35. The lowest BCUT2D eigenvalue weighted by Gasteiger charge is -2.27. The van der Waals surface area contributed by atoms with Gasteiger partial charge in [0.25, 0.3) is 0 Å². The van der Waals surface area contributed by atoms with E-state index in [1.165, 1.54) is 18.9 Å². The lowest BCUT2D eigenvalue weighted by molar-refractivity contribution is 0.232. The van der Waals surface area contributed by atoms with Crippen LogP contribution in [0.5, 0.6) is 5.75 Å². The van der Waals surface area contributed by atoms with E-state index in [0.717, 1.165) is 43.4 Å². The van der Waals surface area contributed by atoms with Gasteiger partial charge in [0, 0.05) is 18.7 Å². The quantitative estimate of drug-likeness (QED) is 0.885. The van der Waals surface area contributed by atoms with Crippen LogP contribution in [0, 0.1) is 11.7 Å². The molecule has 0 atom stereocenters. The highest BCUT2D eigenvalue weighted by molar-refractivity contribution is 5.33. The molecular formula is C15H23FN2O. The molecule has 2 rings (SSSR count). The fourth-order valence-corrected chi connectivity index (χ4v) is 2.73. The lowest BCUT2D eigenvalue weighted by atomic mass is 9.97. The summed E-state index contributed by atoms with van der Waals surface area (Å²) in [6.45, 7) is 4.01. The summed E-state index contributed by atoms with van der Waals surface area (Å²) in [4.78, 5) is 2.26. The highest BCUT2D eigenvalue weighted by Crippen LogP contribution is 2.22. The zero-order chi connectivity index (χ0) is 13.7. The third kappa shape index (κ3) is 4.18. The van der Waals surface area contributed by atoms with Crippen molar-refractivity contribution >= 4 is 0 Å². The summed E-state index contributed by atoms with van der Waals surface area (Å²) in [7, 11) is 3.72. The number of ether oxygens (including phenoxy) is 1. The van der Waals surface area contributed by atoms with Crippen molar-refractivity contribution in [2.24, 2.45) is 5.92 Å². The van der Waals surface area contributed by atoms with Gasteiger partial charge in [-0.15, -0.1) is 0 Å². The van der Waals surface area contributed by atoms with Crippen molar-refractivity contribution in [1.82, 2.24) is 10.2 Å². The predicted octanol–water partition coefficient (Wildman–Crippen LogP) is 2.27. The van der Waals surface area contributed by atoms with E-state index in [1.807, 2.05) is 0 Å². The van der Waals surface area contributed by atoms with Crippen LogP contribution in [-0.2, 0) is 6.54 Å². The van der Waals surface area contributed by atoms with Crippen molar-refractivity contribution in [2.75, 3.05) is 33.8 Å². The van der Waals surface area contributed by atoms with Crippen molar-refractivity contribution in [3.05, 3.63) is 29.6 Å². The topological polar surface area (TPSA) is 24.5 Å². The van der Waals surface area contributed by atoms with Crippen molar-refractivity contribution < 1.29 is 9.13 Å². The summed E-state index contributed by atoms with van der Waals surface area (Å²) in [5.41, 5.74) is 0.916. The molecule has 4 heteroatoms.